The van der Waals surface area contributed by atoms with Crippen LogP contribution in [0.1, 0.15) is 33.9 Å². The Hall–Kier alpha value is -1.80. The third-order valence-electron chi connectivity index (χ3n) is 3.87. The zero-order valence-electron chi connectivity index (χ0n) is 12.6. The summed E-state index contributed by atoms with van der Waals surface area (Å²) in [6, 6.07) is 12.0. The molecule has 20 heavy (non-hydrogen) atoms. The SMILES string of the molecule is Cc1ccc(C(O)COc2cccc(C)c2C)cc1C. The lowest BCUT2D eigenvalue weighted by Gasteiger charge is -2.16. The lowest BCUT2D eigenvalue weighted by Crippen LogP contribution is -2.10. The molecule has 2 heteroatoms. The first kappa shape index (κ1) is 14.6. The first-order chi connectivity index (χ1) is 9.49. The molecule has 1 atom stereocenters. The molecule has 1 unspecified atom stereocenters. The van der Waals surface area contributed by atoms with Gasteiger partial charge in [-0.15, -0.1) is 0 Å². The molecule has 2 rings (SSSR count). The molecule has 1 N–H and O–H groups in total. The Kier molecular flexibility index (Phi) is 4.46. The van der Waals surface area contributed by atoms with E-state index in [-0.39, 0.29) is 6.61 Å². The highest BCUT2D eigenvalue weighted by Gasteiger charge is 2.10. The predicted octanol–water partition coefficient (Wildman–Crippen LogP) is 4.03. The Bertz CT molecular complexity index is 602. The Morgan fingerprint density at radius 1 is 0.950 bits per heavy atom. The summed E-state index contributed by atoms with van der Waals surface area (Å²) >= 11 is 0. The van der Waals surface area contributed by atoms with Gasteiger partial charge in [0.15, 0.2) is 0 Å². The summed E-state index contributed by atoms with van der Waals surface area (Å²) in [6.07, 6.45) is -0.603. The van der Waals surface area contributed by atoms with E-state index in [1.807, 2.05) is 37.3 Å². The van der Waals surface area contributed by atoms with E-state index in [2.05, 4.69) is 26.8 Å². The predicted molar refractivity (Wildman–Crippen MR) is 82.3 cm³/mol. The van der Waals surface area contributed by atoms with Crippen molar-refractivity contribution < 1.29 is 9.84 Å². The molecule has 0 bridgehead atoms. The normalized spacial score (nSPS) is 12.2. The van der Waals surface area contributed by atoms with Gasteiger partial charge in [-0.05, 0) is 61.6 Å². The second kappa shape index (κ2) is 6.10. The molecule has 0 saturated carbocycles. The van der Waals surface area contributed by atoms with E-state index in [1.54, 1.807) is 0 Å². The van der Waals surface area contributed by atoms with Crippen LogP contribution in [0.25, 0.3) is 0 Å². The van der Waals surface area contributed by atoms with E-state index in [1.165, 1.54) is 16.7 Å². The lowest BCUT2D eigenvalue weighted by molar-refractivity contribution is 0.107. The van der Waals surface area contributed by atoms with Crippen LogP contribution in [0.5, 0.6) is 5.75 Å². The molecule has 2 aromatic rings. The van der Waals surface area contributed by atoms with Crippen molar-refractivity contribution in [1.82, 2.24) is 0 Å². The number of aliphatic hydroxyl groups is 1. The van der Waals surface area contributed by atoms with Crippen LogP contribution in [0, 0.1) is 27.7 Å². The number of ether oxygens (including phenoxy) is 1. The molecule has 0 aliphatic rings. The Labute approximate surface area is 121 Å². The second-order valence-electron chi connectivity index (χ2n) is 5.37. The standard InChI is InChI=1S/C18H22O2/c1-12-8-9-16(10-14(12)3)17(19)11-20-18-7-5-6-13(2)15(18)4/h5-10,17,19H,11H2,1-4H3. The highest BCUT2D eigenvalue weighted by Crippen LogP contribution is 2.23. The van der Waals surface area contributed by atoms with Crippen LogP contribution in [-0.4, -0.2) is 11.7 Å². The molecule has 0 saturated heterocycles. The topological polar surface area (TPSA) is 29.5 Å². The second-order valence-corrected chi connectivity index (χ2v) is 5.37. The molecule has 0 aliphatic carbocycles. The molecule has 0 radical (unpaired) electrons. The van der Waals surface area contributed by atoms with Crippen LogP contribution < -0.4 is 4.74 Å². The number of rotatable bonds is 4. The molecule has 2 aromatic carbocycles. The van der Waals surface area contributed by atoms with Crippen LogP contribution in [0.4, 0.5) is 0 Å². The van der Waals surface area contributed by atoms with Crippen LogP contribution in [0.2, 0.25) is 0 Å². The number of benzene rings is 2. The molecule has 0 fully saturated rings. The van der Waals surface area contributed by atoms with Gasteiger partial charge in [-0.3, -0.25) is 0 Å². The third-order valence-corrected chi connectivity index (χ3v) is 3.87. The minimum atomic E-state index is -0.603. The van der Waals surface area contributed by atoms with E-state index in [9.17, 15) is 5.11 Å². The minimum absolute atomic E-state index is 0.271. The van der Waals surface area contributed by atoms with Crippen molar-refractivity contribution in [2.24, 2.45) is 0 Å². The van der Waals surface area contributed by atoms with Crippen LogP contribution in [0.3, 0.4) is 0 Å². The quantitative estimate of drug-likeness (QED) is 0.908. The highest BCUT2D eigenvalue weighted by atomic mass is 16.5. The molecule has 0 spiro atoms. The van der Waals surface area contributed by atoms with Crippen molar-refractivity contribution in [2.75, 3.05) is 6.61 Å². The monoisotopic (exact) mass is 270 g/mol. The van der Waals surface area contributed by atoms with E-state index >= 15 is 0 Å². The van der Waals surface area contributed by atoms with Gasteiger partial charge in [0.2, 0.25) is 0 Å². The molecule has 106 valence electrons. The van der Waals surface area contributed by atoms with Crippen LogP contribution in [0.15, 0.2) is 36.4 Å². The van der Waals surface area contributed by atoms with E-state index in [0.29, 0.717) is 0 Å². The summed E-state index contributed by atoms with van der Waals surface area (Å²) in [4.78, 5) is 0. The molecule has 2 nitrogen and oxygen atoms in total. The Morgan fingerprint density at radius 2 is 1.70 bits per heavy atom. The van der Waals surface area contributed by atoms with Crippen LogP contribution in [-0.2, 0) is 0 Å². The van der Waals surface area contributed by atoms with Crippen molar-refractivity contribution in [3.05, 3.63) is 64.2 Å². The molecule has 0 aliphatic heterocycles. The van der Waals surface area contributed by atoms with Gasteiger partial charge < -0.3 is 9.84 Å². The smallest absolute Gasteiger partial charge is 0.122 e. The maximum absolute atomic E-state index is 10.2. The molecule has 0 heterocycles. The van der Waals surface area contributed by atoms with Crippen molar-refractivity contribution in [2.45, 2.75) is 33.8 Å². The molecule has 0 amide bonds. The highest BCUT2D eigenvalue weighted by molar-refractivity contribution is 5.38. The van der Waals surface area contributed by atoms with Crippen molar-refractivity contribution in [3.8, 4) is 5.75 Å². The molecular weight excluding hydrogens is 248 g/mol. The van der Waals surface area contributed by atoms with Crippen molar-refractivity contribution >= 4 is 0 Å². The average molecular weight is 270 g/mol. The summed E-state index contributed by atoms with van der Waals surface area (Å²) in [7, 11) is 0. The van der Waals surface area contributed by atoms with Gasteiger partial charge in [0.25, 0.3) is 0 Å². The fourth-order valence-electron chi connectivity index (χ4n) is 2.12. The number of aliphatic hydroxyl groups excluding tert-OH is 1. The maximum atomic E-state index is 10.2. The van der Waals surface area contributed by atoms with E-state index in [4.69, 9.17) is 4.74 Å². The fourth-order valence-corrected chi connectivity index (χ4v) is 2.12. The van der Waals surface area contributed by atoms with Gasteiger partial charge in [-0.1, -0.05) is 30.3 Å². The fraction of sp³-hybridized carbons (Fsp3) is 0.333. The number of aryl methyl sites for hydroxylation is 3. The summed E-state index contributed by atoms with van der Waals surface area (Å²) in [6.45, 7) is 8.48. The summed E-state index contributed by atoms with van der Waals surface area (Å²) in [5, 5.41) is 10.2. The van der Waals surface area contributed by atoms with Gasteiger partial charge in [0, 0.05) is 0 Å². The van der Waals surface area contributed by atoms with Gasteiger partial charge in [-0.2, -0.15) is 0 Å². The van der Waals surface area contributed by atoms with E-state index in [0.717, 1.165) is 16.9 Å². The Morgan fingerprint density at radius 3 is 2.40 bits per heavy atom. The average Bonchev–Trinajstić information content (AvgIpc) is 2.43. The lowest BCUT2D eigenvalue weighted by atomic mass is 10.0. The van der Waals surface area contributed by atoms with Gasteiger partial charge in [-0.25, -0.2) is 0 Å². The minimum Gasteiger partial charge on any atom is -0.490 e. The third kappa shape index (κ3) is 3.20. The van der Waals surface area contributed by atoms with E-state index < -0.39 is 6.10 Å². The molecule has 0 aromatic heterocycles. The zero-order valence-corrected chi connectivity index (χ0v) is 12.6. The Balaban J connectivity index is 2.06. The zero-order chi connectivity index (χ0) is 14.7. The van der Waals surface area contributed by atoms with Crippen molar-refractivity contribution in [1.29, 1.82) is 0 Å². The van der Waals surface area contributed by atoms with Crippen molar-refractivity contribution in [3.63, 3.8) is 0 Å². The summed E-state index contributed by atoms with van der Waals surface area (Å²) in [5.74, 6) is 0.841. The van der Waals surface area contributed by atoms with Gasteiger partial charge in [0.05, 0.1) is 0 Å². The summed E-state index contributed by atoms with van der Waals surface area (Å²) in [5.41, 5.74) is 5.64. The van der Waals surface area contributed by atoms with Crippen LogP contribution >= 0.6 is 0 Å². The largest absolute Gasteiger partial charge is 0.490 e. The first-order valence-corrected chi connectivity index (χ1v) is 6.93. The summed E-state index contributed by atoms with van der Waals surface area (Å²) < 4.78 is 5.75. The number of hydrogen-bond acceptors (Lipinski definition) is 2. The maximum Gasteiger partial charge on any atom is 0.122 e. The number of hydrogen-bond donors (Lipinski definition) is 1. The first-order valence-electron chi connectivity index (χ1n) is 6.93. The van der Waals surface area contributed by atoms with Gasteiger partial charge in [0.1, 0.15) is 18.5 Å². The van der Waals surface area contributed by atoms with Gasteiger partial charge >= 0.3 is 0 Å². The molecular formula is C18H22O2.